The summed E-state index contributed by atoms with van der Waals surface area (Å²) >= 11 is 5.89. The minimum Gasteiger partial charge on any atom is -0.489 e. The number of nitrogens with one attached hydrogen (secondary N) is 2. The highest BCUT2D eigenvalue weighted by molar-refractivity contribution is 6.30. The Morgan fingerprint density at radius 3 is 2.38 bits per heavy atom. The highest BCUT2D eigenvalue weighted by atomic mass is 35.5. The van der Waals surface area contributed by atoms with E-state index in [0.717, 1.165) is 22.6 Å². The molecule has 1 atom stereocenters. The van der Waals surface area contributed by atoms with Gasteiger partial charge in [0.05, 0.1) is 5.56 Å². The number of ether oxygens (including phenoxy) is 1. The summed E-state index contributed by atoms with van der Waals surface area (Å²) in [6, 6.07) is 22.8. The molecule has 0 radical (unpaired) electrons. The van der Waals surface area contributed by atoms with Crippen LogP contribution in [0.3, 0.4) is 0 Å². The van der Waals surface area contributed by atoms with Gasteiger partial charge in [-0.25, -0.2) is 0 Å². The average Bonchev–Trinajstić information content (AvgIpc) is 2.68. The van der Waals surface area contributed by atoms with Crippen LogP contribution >= 0.6 is 11.6 Å². The minimum atomic E-state index is -0.261. The van der Waals surface area contributed by atoms with E-state index in [1.165, 1.54) is 0 Å². The summed E-state index contributed by atoms with van der Waals surface area (Å²) in [5.74, 6) is 0.693. The summed E-state index contributed by atoms with van der Waals surface area (Å²) in [6.07, 6.45) is -0.261. The van der Waals surface area contributed by atoms with Crippen LogP contribution < -0.4 is 15.4 Å². The number of hydrogen-bond acceptors (Lipinski definition) is 3. The number of benzene rings is 3. The van der Waals surface area contributed by atoms with Crippen LogP contribution in [0, 0.1) is 0 Å². The SMILES string of the molecule is O=C1N[C@H](c2ccc(OCc3ccc(Cl)cc3)cc2)Nc2ccccc21. The van der Waals surface area contributed by atoms with Crippen LogP contribution in [-0.2, 0) is 6.61 Å². The van der Waals surface area contributed by atoms with Gasteiger partial charge in [-0.1, -0.05) is 48.0 Å². The van der Waals surface area contributed by atoms with Gasteiger partial charge in [-0.2, -0.15) is 0 Å². The Hall–Kier alpha value is -2.98. The average molecular weight is 365 g/mol. The lowest BCUT2D eigenvalue weighted by Crippen LogP contribution is -2.38. The van der Waals surface area contributed by atoms with Crippen molar-refractivity contribution in [3.8, 4) is 5.75 Å². The number of rotatable bonds is 4. The van der Waals surface area contributed by atoms with Gasteiger partial charge in [-0.15, -0.1) is 0 Å². The molecule has 1 aliphatic rings. The van der Waals surface area contributed by atoms with E-state index in [9.17, 15) is 4.79 Å². The van der Waals surface area contributed by atoms with Crippen molar-refractivity contribution in [3.05, 3.63) is 94.5 Å². The second-order valence-electron chi connectivity index (χ2n) is 6.08. The smallest absolute Gasteiger partial charge is 0.255 e. The van der Waals surface area contributed by atoms with Crippen LogP contribution in [-0.4, -0.2) is 5.91 Å². The van der Waals surface area contributed by atoms with Crippen molar-refractivity contribution in [2.75, 3.05) is 5.32 Å². The summed E-state index contributed by atoms with van der Waals surface area (Å²) in [7, 11) is 0. The molecule has 4 nitrogen and oxygen atoms in total. The molecule has 3 aromatic rings. The fourth-order valence-corrected chi connectivity index (χ4v) is 3.00. The quantitative estimate of drug-likeness (QED) is 0.700. The molecular weight excluding hydrogens is 348 g/mol. The Morgan fingerprint density at radius 2 is 1.62 bits per heavy atom. The van der Waals surface area contributed by atoms with Crippen molar-refractivity contribution in [2.45, 2.75) is 12.8 Å². The molecule has 0 saturated heterocycles. The number of carbonyl (C=O) groups excluding carboxylic acids is 1. The first-order chi connectivity index (χ1) is 12.7. The summed E-state index contributed by atoms with van der Waals surface area (Å²) in [5, 5.41) is 7.02. The second-order valence-corrected chi connectivity index (χ2v) is 6.52. The van der Waals surface area contributed by atoms with Crippen molar-refractivity contribution in [1.82, 2.24) is 5.32 Å². The second kappa shape index (κ2) is 7.10. The summed E-state index contributed by atoms with van der Waals surface area (Å²) in [5.41, 5.74) is 3.51. The van der Waals surface area contributed by atoms with Crippen molar-refractivity contribution >= 4 is 23.2 Å². The normalized spacial score (nSPS) is 15.6. The third-order valence-electron chi connectivity index (χ3n) is 4.28. The fourth-order valence-electron chi connectivity index (χ4n) is 2.88. The van der Waals surface area contributed by atoms with Gasteiger partial charge < -0.3 is 15.4 Å². The lowest BCUT2D eigenvalue weighted by Gasteiger charge is -2.28. The van der Waals surface area contributed by atoms with Gasteiger partial charge in [-0.05, 0) is 47.5 Å². The largest absolute Gasteiger partial charge is 0.489 e. The Labute approximate surface area is 156 Å². The van der Waals surface area contributed by atoms with E-state index >= 15 is 0 Å². The van der Waals surface area contributed by atoms with Crippen LogP contribution in [0.15, 0.2) is 72.8 Å². The summed E-state index contributed by atoms with van der Waals surface area (Å²) < 4.78 is 5.80. The van der Waals surface area contributed by atoms with Crippen molar-refractivity contribution in [2.24, 2.45) is 0 Å². The van der Waals surface area contributed by atoms with E-state index in [2.05, 4.69) is 10.6 Å². The molecule has 0 bridgehead atoms. The van der Waals surface area contributed by atoms with Gasteiger partial charge in [0.15, 0.2) is 0 Å². The standard InChI is InChI=1S/C21H17ClN2O2/c22-16-9-5-14(6-10-16)13-26-17-11-7-15(8-12-17)20-23-19-4-2-1-3-18(19)21(25)24-20/h1-12,20,23H,13H2,(H,24,25)/t20-/m1/s1. The molecule has 2 N–H and O–H groups in total. The zero-order chi connectivity index (χ0) is 17.9. The topological polar surface area (TPSA) is 50.4 Å². The molecule has 1 aliphatic heterocycles. The number of fused-ring (bicyclic) bond motifs is 1. The highest BCUT2D eigenvalue weighted by Gasteiger charge is 2.23. The van der Waals surface area contributed by atoms with Crippen LogP contribution in [0.25, 0.3) is 0 Å². The van der Waals surface area contributed by atoms with E-state index in [-0.39, 0.29) is 12.1 Å². The van der Waals surface area contributed by atoms with Crippen molar-refractivity contribution in [1.29, 1.82) is 0 Å². The molecule has 0 aliphatic carbocycles. The van der Waals surface area contributed by atoms with E-state index in [4.69, 9.17) is 16.3 Å². The molecule has 0 saturated carbocycles. The van der Waals surface area contributed by atoms with E-state index in [0.29, 0.717) is 17.2 Å². The third kappa shape index (κ3) is 3.51. The predicted octanol–water partition coefficient (Wildman–Crippen LogP) is 4.77. The molecule has 1 heterocycles. The molecular formula is C21H17ClN2O2. The lowest BCUT2D eigenvalue weighted by atomic mass is 10.1. The Balaban J connectivity index is 1.43. The van der Waals surface area contributed by atoms with Gasteiger partial charge in [0.2, 0.25) is 0 Å². The number of amides is 1. The molecule has 1 amide bonds. The number of anilines is 1. The van der Waals surface area contributed by atoms with E-state index in [1.807, 2.05) is 72.8 Å². The maximum atomic E-state index is 12.2. The first-order valence-corrected chi connectivity index (χ1v) is 8.70. The number of hydrogen-bond donors (Lipinski definition) is 2. The fraction of sp³-hybridized carbons (Fsp3) is 0.0952. The molecule has 5 heteroatoms. The Bertz CT molecular complexity index is 924. The van der Waals surface area contributed by atoms with E-state index < -0.39 is 0 Å². The van der Waals surface area contributed by atoms with Gasteiger partial charge in [0, 0.05) is 10.7 Å². The lowest BCUT2D eigenvalue weighted by molar-refractivity contribution is 0.0935. The summed E-state index contributed by atoms with van der Waals surface area (Å²) in [6.45, 7) is 0.475. The zero-order valence-corrected chi connectivity index (χ0v) is 14.7. The highest BCUT2D eigenvalue weighted by Crippen LogP contribution is 2.27. The number of halogens is 1. The van der Waals surface area contributed by atoms with Crippen molar-refractivity contribution < 1.29 is 9.53 Å². The van der Waals surface area contributed by atoms with E-state index in [1.54, 1.807) is 0 Å². The molecule has 0 unspecified atom stereocenters. The molecule has 0 fully saturated rings. The van der Waals surface area contributed by atoms with Gasteiger partial charge in [0.1, 0.15) is 18.5 Å². The number of carbonyl (C=O) groups is 1. The van der Waals surface area contributed by atoms with Crippen molar-refractivity contribution in [3.63, 3.8) is 0 Å². The minimum absolute atomic E-state index is 0.0765. The van der Waals surface area contributed by atoms with Crippen LogP contribution in [0.4, 0.5) is 5.69 Å². The Morgan fingerprint density at radius 1 is 0.885 bits per heavy atom. The number of para-hydroxylation sites is 1. The van der Waals surface area contributed by atoms with Crippen LogP contribution in [0.5, 0.6) is 5.75 Å². The molecule has 130 valence electrons. The van der Waals surface area contributed by atoms with Gasteiger partial charge in [0.25, 0.3) is 5.91 Å². The zero-order valence-electron chi connectivity index (χ0n) is 13.9. The summed E-state index contributed by atoms with van der Waals surface area (Å²) in [4.78, 5) is 12.2. The predicted molar refractivity (Wildman–Crippen MR) is 102 cm³/mol. The first-order valence-electron chi connectivity index (χ1n) is 8.33. The first kappa shape index (κ1) is 16.5. The monoisotopic (exact) mass is 364 g/mol. The van der Waals surface area contributed by atoms with Crippen LogP contribution in [0.1, 0.15) is 27.7 Å². The molecule has 0 aromatic heterocycles. The van der Waals surface area contributed by atoms with Crippen LogP contribution in [0.2, 0.25) is 5.02 Å². The molecule has 0 spiro atoms. The maximum Gasteiger partial charge on any atom is 0.255 e. The Kier molecular flexibility index (Phi) is 4.50. The third-order valence-corrected chi connectivity index (χ3v) is 4.53. The van der Waals surface area contributed by atoms with Gasteiger partial charge >= 0.3 is 0 Å². The molecule has 26 heavy (non-hydrogen) atoms. The van der Waals surface area contributed by atoms with Gasteiger partial charge in [-0.3, -0.25) is 4.79 Å². The molecule has 4 rings (SSSR count). The maximum absolute atomic E-state index is 12.2. The molecule has 3 aromatic carbocycles.